The van der Waals surface area contributed by atoms with Gasteiger partial charge in [-0.25, -0.2) is 19.6 Å². The van der Waals surface area contributed by atoms with Crippen LogP contribution >= 0.6 is 11.3 Å². The van der Waals surface area contributed by atoms with Gasteiger partial charge in [0.25, 0.3) is 0 Å². The zero-order chi connectivity index (χ0) is 15.9. The van der Waals surface area contributed by atoms with Crippen molar-refractivity contribution in [2.45, 2.75) is 44.6 Å². The lowest BCUT2D eigenvalue weighted by Gasteiger charge is -2.33. The number of rotatable bonds is 2. The van der Waals surface area contributed by atoms with Crippen molar-refractivity contribution in [2.24, 2.45) is 0 Å². The molecular weight excluding hydrogens is 320 g/mol. The number of thiophene rings is 1. The minimum Gasteiger partial charge on any atom is -0.354 e. The molecule has 1 unspecified atom stereocenters. The standard InChI is InChI=1S/C17H20N6S/c1-2-6-14-13(5-1)15-16(19-10-20-17(15)24-14)22-7-3-4-12(8-22)23-11-18-9-21-23/h9-12H,1-8H2. The van der Waals surface area contributed by atoms with Crippen molar-refractivity contribution >= 4 is 27.4 Å². The summed E-state index contributed by atoms with van der Waals surface area (Å²) in [6.45, 7) is 2.00. The van der Waals surface area contributed by atoms with Crippen molar-refractivity contribution in [3.05, 3.63) is 29.4 Å². The predicted octanol–water partition coefficient (Wildman–Crippen LogP) is 3.00. The Morgan fingerprint density at radius 2 is 2.04 bits per heavy atom. The summed E-state index contributed by atoms with van der Waals surface area (Å²) in [5, 5.41) is 5.65. The van der Waals surface area contributed by atoms with E-state index in [-0.39, 0.29) is 0 Å². The molecule has 0 amide bonds. The number of nitrogens with zero attached hydrogens (tertiary/aromatic N) is 6. The minimum atomic E-state index is 0.376. The second-order valence-electron chi connectivity index (χ2n) is 6.71. The van der Waals surface area contributed by atoms with E-state index in [2.05, 4.69) is 20.0 Å². The van der Waals surface area contributed by atoms with Crippen LogP contribution in [0.15, 0.2) is 19.0 Å². The Labute approximate surface area is 144 Å². The van der Waals surface area contributed by atoms with Crippen molar-refractivity contribution in [1.29, 1.82) is 0 Å². The molecule has 3 aromatic rings. The van der Waals surface area contributed by atoms with Crippen LogP contribution < -0.4 is 4.90 Å². The maximum Gasteiger partial charge on any atom is 0.141 e. The fourth-order valence-corrected chi connectivity index (χ4v) is 5.31. The maximum absolute atomic E-state index is 4.70. The van der Waals surface area contributed by atoms with Gasteiger partial charge in [-0.2, -0.15) is 5.10 Å². The van der Waals surface area contributed by atoms with Gasteiger partial charge in [0.15, 0.2) is 0 Å². The molecule has 1 fully saturated rings. The number of hydrogen-bond donors (Lipinski definition) is 0. The topological polar surface area (TPSA) is 59.7 Å². The summed E-state index contributed by atoms with van der Waals surface area (Å²) >= 11 is 1.87. The monoisotopic (exact) mass is 340 g/mol. The summed E-state index contributed by atoms with van der Waals surface area (Å²) in [7, 11) is 0. The molecule has 124 valence electrons. The van der Waals surface area contributed by atoms with E-state index in [1.807, 2.05) is 22.3 Å². The third-order valence-electron chi connectivity index (χ3n) is 5.24. The van der Waals surface area contributed by atoms with Crippen LogP contribution in [0.4, 0.5) is 5.82 Å². The Morgan fingerprint density at radius 3 is 2.96 bits per heavy atom. The number of aromatic nitrogens is 5. The van der Waals surface area contributed by atoms with E-state index in [9.17, 15) is 0 Å². The second-order valence-corrected chi connectivity index (χ2v) is 7.79. The first-order valence-electron chi connectivity index (χ1n) is 8.74. The van der Waals surface area contributed by atoms with Gasteiger partial charge in [-0.3, -0.25) is 0 Å². The average molecular weight is 340 g/mol. The van der Waals surface area contributed by atoms with Crippen LogP contribution in [0.3, 0.4) is 0 Å². The Kier molecular flexibility index (Phi) is 3.47. The van der Waals surface area contributed by atoms with E-state index in [0.717, 1.165) is 36.6 Å². The molecule has 5 rings (SSSR count). The molecule has 0 N–H and O–H groups in total. The van der Waals surface area contributed by atoms with E-state index in [1.165, 1.54) is 41.5 Å². The summed E-state index contributed by atoms with van der Waals surface area (Å²) in [6, 6.07) is 0.376. The zero-order valence-corrected chi connectivity index (χ0v) is 14.4. The molecule has 1 saturated heterocycles. The van der Waals surface area contributed by atoms with Crippen LogP contribution in [-0.2, 0) is 12.8 Å². The molecule has 0 radical (unpaired) electrons. The molecule has 7 heteroatoms. The Hall–Kier alpha value is -2.02. The van der Waals surface area contributed by atoms with E-state index in [1.54, 1.807) is 12.7 Å². The van der Waals surface area contributed by atoms with E-state index in [0.29, 0.717) is 6.04 Å². The van der Waals surface area contributed by atoms with Gasteiger partial charge >= 0.3 is 0 Å². The quantitative estimate of drug-likeness (QED) is 0.718. The normalized spacial score (nSPS) is 21.2. The Morgan fingerprint density at radius 1 is 1.08 bits per heavy atom. The van der Waals surface area contributed by atoms with Crippen molar-refractivity contribution in [2.75, 3.05) is 18.0 Å². The van der Waals surface area contributed by atoms with Gasteiger partial charge in [0.2, 0.25) is 0 Å². The zero-order valence-electron chi connectivity index (χ0n) is 13.6. The molecule has 0 aromatic carbocycles. The fraction of sp³-hybridized carbons (Fsp3) is 0.529. The first-order chi connectivity index (χ1) is 11.9. The molecule has 0 spiro atoms. The highest BCUT2D eigenvalue weighted by Gasteiger charge is 2.27. The van der Waals surface area contributed by atoms with Crippen LogP contribution in [0.2, 0.25) is 0 Å². The van der Waals surface area contributed by atoms with Crippen LogP contribution in [0.1, 0.15) is 42.2 Å². The minimum absolute atomic E-state index is 0.376. The Balaban J connectivity index is 1.55. The smallest absolute Gasteiger partial charge is 0.141 e. The Bertz CT molecular complexity index is 855. The molecule has 2 aliphatic rings. The van der Waals surface area contributed by atoms with Crippen LogP contribution in [0, 0.1) is 0 Å². The van der Waals surface area contributed by atoms with Gasteiger partial charge in [0, 0.05) is 18.0 Å². The van der Waals surface area contributed by atoms with Gasteiger partial charge in [-0.15, -0.1) is 11.3 Å². The van der Waals surface area contributed by atoms with Gasteiger partial charge in [-0.1, -0.05) is 0 Å². The van der Waals surface area contributed by atoms with Gasteiger partial charge in [-0.05, 0) is 44.1 Å². The summed E-state index contributed by atoms with van der Waals surface area (Å²) in [6.07, 6.45) is 12.5. The molecular formula is C17H20N6S. The molecule has 3 aromatic heterocycles. The second kappa shape index (κ2) is 5.81. The summed E-state index contributed by atoms with van der Waals surface area (Å²) in [5.41, 5.74) is 1.51. The predicted molar refractivity (Wildman–Crippen MR) is 94.6 cm³/mol. The van der Waals surface area contributed by atoms with Gasteiger partial charge < -0.3 is 4.90 Å². The molecule has 0 saturated carbocycles. The number of hydrogen-bond acceptors (Lipinski definition) is 6. The van der Waals surface area contributed by atoms with Gasteiger partial charge in [0.1, 0.15) is 29.6 Å². The molecule has 1 aliphatic heterocycles. The fourth-order valence-electron chi connectivity index (χ4n) is 4.08. The molecule has 1 atom stereocenters. The summed E-state index contributed by atoms with van der Waals surface area (Å²) in [5.74, 6) is 1.13. The van der Waals surface area contributed by atoms with Crippen LogP contribution in [0.5, 0.6) is 0 Å². The molecule has 4 heterocycles. The van der Waals surface area contributed by atoms with Crippen molar-refractivity contribution < 1.29 is 0 Å². The van der Waals surface area contributed by atoms with E-state index < -0.39 is 0 Å². The third-order valence-corrected chi connectivity index (χ3v) is 6.44. The first kappa shape index (κ1) is 14.3. The third kappa shape index (κ3) is 2.30. The highest BCUT2D eigenvalue weighted by atomic mass is 32.1. The number of aryl methyl sites for hydroxylation is 2. The SMILES string of the molecule is c1nc(N2CCCC(n3cncn3)C2)c2c3c(sc2n1)CCCC3. The first-order valence-corrected chi connectivity index (χ1v) is 9.56. The van der Waals surface area contributed by atoms with Gasteiger partial charge in [0.05, 0.1) is 11.4 Å². The molecule has 6 nitrogen and oxygen atoms in total. The average Bonchev–Trinajstić information content (AvgIpc) is 3.29. The van der Waals surface area contributed by atoms with Crippen molar-refractivity contribution in [1.82, 2.24) is 24.7 Å². The number of anilines is 1. The lowest BCUT2D eigenvalue weighted by atomic mass is 9.96. The number of fused-ring (bicyclic) bond motifs is 3. The largest absolute Gasteiger partial charge is 0.354 e. The van der Waals surface area contributed by atoms with Crippen LogP contribution in [0.25, 0.3) is 10.2 Å². The van der Waals surface area contributed by atoms with Crippen LogP contribution in [-0.4, -0.2) is 37.8 Å². The molecule has 24 heavy (non-hydrogen) atoms. The van der Waals surface area contributed by atoms with Crippen molar-refractivity contribution in [3.63, 3.8) is 0 Å². The lowest BCUT2D eigenvalue weighted by Crippen LogP contribution is -2.37. The highest BCUT2D eigenvalue weighted by Crippen LogP contribution is 2.40. The summed E-state index contributed by atoms with van der Waals surface area (Å²) < 4.78 is 1.99. The molecule has 1 aliphatic carbocycles. The lowest BCUT2D eigenvalue weighted by molar-refractivity contribution is 0.374. The number of piperidine rings is 1. The maximum atomic E-state index is 4.70. The van der Waals surface area contributed by atoms with Crippen molar-refractivity contribution in [3.8, 4) is 0 Å². The summed E-state index contributed by atoms with van der Waals surface area (Å²) in [4.78, 5) is 18.5. The van der Waals surface area contributed by atoms with E-state index in [4.69, 9.17) is 4.98 Å². The van der Waals surface area contributed by atoms with E-state index >= 15 is 0 Å². The highest BCUT2D eigenvalue weighted by molar-refractivity contribution is 7.19. The molecule has 0 bridgehead atoms.